The molecule has 3 rings (SSSR count). The first-order valence-corrected chi connectivity index (χ1v) is 11.5. The molecule has 10 heteroatoms. The van der Waals surface area contributed by atoms with Crippen molar-refractivity contribution in [2.24, 2.45) is 5.92 Å². The fourth-order valence-corrected chi connectivity index (χ4v) is 4.46. The summed E-state index contributed by atoms with van der Waals surface area (Å²) in [5.74, 6) is -2.73. The third-order valence-electron chi connectivity index (χ3n) is 6.56. The van der Waals surface area contributed by atoms with E-state index >= 15 is 0 Å². The Balaban J connectivity index is 0.000000540. The number of alkyl halides is 3. The van der Waals surface area contributed by atoms with Crippen molar-refractivity contribution < 1.29 is 32.6 Å². The molecular weight excluding hydrogens is 463 g/mol. The van der Waals surface area contributed by atoms with Crippen LogP contribution in [-0.2, 0) is 14.3 Å². The fraction of sp³-hybridized carbons (Fsp3) is 0.520. The summed E-state index contributed by atoms with van der Waals surface area (Å²) in [6.45, 7) is 0.765. The molecule has 1 saturated carbocycles. The second-order valence-corrected chi connectivity index (χ2v) is 8.65. The average Bonchev–Trinajstić information content (AvgIpc) is 2.87. The summed E-state index contributed by atoms with van der Waals surface area (Å²) in [5, 5.41) is 14.3. The van der Waals surface area contributed by atoms with E-state index in [4.69, 9.17) is 14.6 Å². The van der Waals surface area contributed by atoms with Crippen LogP contribution in [0.4, 0.5) is 13.2 Å². The van der Waals surface area contributed by atoms with E-state index in [2.05, 4.69) is 34.9 Å². The van der Waals surface area contributed by atoms with Gasteiger partial charge in [-0.2, -0.15) is 13.2 Å². The molecule has 0 aliphatic heterocycles. The van der Waals surface area contributed by atoms with Gasteiger partial charge in [0, 0.05) is 38.7 Å². The zero-order valence-electron chi connectivity index (χ0n) is 20.2. The summed E-state index contributed by atoms with van der Waals surface area (Å²) in [4.78, 5) is 22.1. The molecule has 2 atom stereocenters. The Bertz CT molecular complexity index is 884. The third kappa shape index (κ3) is 7.65. The summed E-state index contributed by atoms with van der Waals surface area (Å²) < 4.78 is 37.7. The molecule has 0 radical (unpaired) electrons. The molecule has 0 bridgehead atoms. The zero-order chi connectivity index (χ0) is 26.1. The van der Waals surface area contributed by atoms with Gasteiger partial charge in [-0.1, -0.05) is 42.5 Å². The molecule has 1 fully saturated rings. The molecule has 2 aliphatic carbocycles. The second kappa shape index (κ2) is 12.9. The van der Waals surface area contributed by atoms with Crippen LogP contribution in [0.1, 0.15) is 31.2 Å². The van der Waals surface area contributed by atoms with E-state index in [-0.39, 0.29) is 5.92 Å². The maximum absolute atomic E-state index is 11.6. The lowest BCUT2D eigenvalue weighted by atomic mass is 9.84. The van der Waals surface area contributed by atoms with Crippen molar-refractivity contribution >= 4 is 18.0 Å². The molecule has 0 aromatic heterocycles. The van der Waals surface area contributed by atoms with Gasteiger partial charge in [-0.15, -0.1) is 0 Å². The minimum atomic E-state index is -5.08. The number of carbonyl (C=O) groups is 2. The van der Waals surface area contributed by atoms with Crippen molar-refractivity contribution in [2.75, 3.05) is 27.7 Å². The first kappa shape index (κ1) is 28.5. The van der Waals surface area contributed by atoms with Crippen molar-refractivity contribution in [3.8, 4) is 0 Å². The Morgan fingerprint density at radius 2 is 1.77 bits per heavy atom. The molecule has 0 heterocycles. The summed E-state index contributed by atoms with van der Waals surface area (Å²) in [7, 11) is 5.51. The Labute approximate surface area is 204 Å². The fourth-order valence-electron chi connectivity index (χ4n) is 4.46. The van der Waals surface area contributed by atoms with Crippen LogP contribution in [0.15, 0.2) is 48.6 Å². The number of carbonyl (C=O) groups excluding carboxylic acids is 1. The van der Waals surface area contributed by atoms with Crippen LogP contribution >= 0.6 is 0 Å². The maximum atomic E-state index is 11.6. The van der Waals surface area contributed by atoms with Gasteiger partial charge in [-0.3, -0.25) is 4.79 Å². The predicted molar refractivity (Wildman–Crippen MR) is 127 cm³/mol. The Hall–Kier alpha value is -2.69. The second-order valence-electron chi connectivity index (χ2n) is 8.65. The molecule has 7 nitrogen and oxygen atoms in total. The topological polar surface area (TPSA) is 90.9 Å². The molecule has 1 amide bonds. The van der Waals surface area contributed by atoms with Crippen LogP contribution < -0.4 is 10.6 Å². The number of hydrogen-bond donors (Lipinski definition) is 3. The first-order valence-electron chi connectivity index (χ1n) is 11.5. The number of halogens is 3. The molecule has 0 spiro atoms. The van der Waals surface area contributed by atoms with Gasteiger partial charge in [0.2, 0.25) is 6.41 Å². The van der Waals surface area contributed by atoms with E-state index in [9.17, 15) is 18.0 Å². The number of rotatable bonds is 8. The van der Waals surface area contributed by atoms with Crippen molar-refractivity contribution in [1.82, 2.24) is 15.5 Å². The molecule has 2 unspecified atom stereocenters. The minimum absolute atomic E-state index is 0.0231. The largest absolute Gasteiger partial charge is 0.490 e. The van der Waals surface area contributed by atoms with Crippen molar-refractivity contribution in [3.05, 3.63) is 54.1 Å². The average molecular weight is 498 g/mol. The van der Waals surface area contributed by atoms with Crippen molar-refractivity contribution in [2.45, 2.75) is 49.7 Å². The number of hydrogen-bond acceptors (Lipinski definition) is 5. The van der Waals surface area contributed by atoms with Crippen LogP contribution in [-0.4, -0.2) is 74.1 Å². The number of carboxylic acid groups (broad SMARTS) is 1. The highest BCUT2D eigenvalue weighted by Crippen LogP contribution is 2.35. The number of methoxy groups -OCH3 is 1. The van der Waals surface area contributed by atoms with Crippen LogP contribution in [0.5, 0.6) is 0 Å². The highest BCUT2D eigenvalue weighted by molar-refractivity contribution is 5.76. The number of amides is 1. The molecule has 0 saturated heterocycles. The first-order chi connectivity index (χ1) is 16.6. The number of nitrogens with one attached hydrogen (secondary N) is 2. The van der Waals surface area contributed by atoms with Gasteiger partial charge < -0.3 is 25.4 Å². The number of nitrogens with zero attached hydrogens (tertiary/aromatic N) is 1. The lowest BCUT2D eigenvalue weighted by Crippen LogP contribution is -2.55. The number of likely N-dealkylation sites (N-methyl/N-ethyl adjacent to an activating group) is 1. The Kier molecular flexibility index (Phi) is 10.5. The molecule has 1 aromatic rings. The number of allylic oxidation sites excluding steroid dienone is 2. The normalized spacial score (nSPS) is 26.2. The van der Waals surface area contributed by atoms with Gasteiger partial charge in [0.15, 0.2) is 5.72 Å². The zero-order valence-corrected chi connectivity index (χ0v) is 20.2. The summed E-state index contributed by atoms with van der Waals surface area (Å²) >= 11 is 0. The van der Waals surface area contributed by atoms with Crippen LogP contribution in [0.3, 0.4) is 0 Å². The van der Waals surface area contributed by atoms with Gasteiger partial charge in [-0.25, -0.2) is 4.79 Å². The van der Waals surface area contributed by atoms with Crippen LogP contribution in [0, 0.1) is 5.92 Å². The standard InChI is InChI=1S/C23H33N3O2.C2HF3O2/c1-24-21-9-11-22(12-10-21)25-16-20-15-19(18-7-5-4-6-8-18)13-14-23(20,28-3)26(2)17-27;3-2(4,5)1(6)7/h4-8,13-15,17,20-22,24-25H,9-12,16H2,1-3H3;(H,6,7). The summed E-state index contributed by atoms with van der Waals surface area (Å²) in [5.41, 5.74) is 1.57. The predicted octanol–water partition coefficient (Wildman–Crippen LogP) is 3.44. The minimum Gasteiger partial charge on any atom is -0.475 e. The van der Waals surface area contributed by atoms with Gasteiger partial charge in [0.1, 0.15) is 0 Å². The summed E-state index contributed by atoms with van der Waals surface area (Å²) in [6.07, 6.45) is 6.84. The molecule has 1 aromatic carbocycles. The smallest absolute Gasteiger partial charge is 0.475 e. The number of ether oxygens (including phenoxy) is 1. The van der Waals surface area contributed by atoms with E-state index in [0.717, 1.165) is 13.0 Å². The van der Waals surface area contributed by atoms with Crippen LogP contribution in [0.25, 0.3) is 5.57 Å². The third-order valence-corrected chi connectivity index (χ3v) is 6.56. The van der Waals surface area contributed by atoms with Crippen molar-refractivity contribution in [3.63, 3.8) is 0 Å². The highest BCUT2D eigenvalue weighted by Gasteiger charge is 2.41. The Morgan fingerprint density at radius 1 is 1.20 bits per heavy atom. The van der Waals surface area contributed by atoms with Gasteiger partial charge >= 0.3 is 12.1 Å². The molecule has 2 aliphatic rings. The Morgan fingerprint density at radius 3 is 2.26 bits per heavy atom. The van der Waals surface area contributed by atoms with Gasteiger partial charge in [0.25, 0.3) is 0 Å². The molecule has 194 valence electrons. The van der Waals surface area contributed by atoms with E-state index in [0.29, 0.717) is 12.1 Å². The van der Waals surface area contributed by atoms with E-state index < -0.39 is 17.9 Å². The summed E-state index contributed by atoms with van der Waals surface area (Å²) in [6, 6.07) is 11.5. The molecular formula is C25H34F3N3O4. The SMILES string of the molecule is CNC1CCC(NCC2C=C(c3ccccc3)C=CC2(OC)N(C)C=O)CC1.O=C(O)C(F)(F)F. The van der Waals surface area contributed by atoms with Gasteiger partial charge in [-0.05, 0) is 49.9 Å². The molecule has 35 heavy (non-hydrogen) atoms. The lowest BCUT2D eigenvalue weighted by molar-refractivity contribution is -0.192. The maximum Gasteiger partial charge on any atom is 0.490 e. The lowest BCUT2D eigenvalue weighted by Gasteiger charge is -2.44. The van der Waals surface area contributed by atoms with E-state index in [1.807, 2.05) is 31.3 Å². The van der Waals surface area contributed by atoms with Crippen LogP contribution in [0.2, 0.25) is 0 Å². The van der Waals surface area contributed by atoms with Gasteiger partial charge in [0.05, 0.1) is 0 Å². The van der Waals surface area contributed by atoms with E-state index in [1.54, 1.807) is 19.1 Å². The number of benzene rings is 1. The van der Waals surface area contributed by atoms with Crippen molar-refractivity contribution in [1.29, 1.82) is 0 Å². The number of aliphatic carboxylic acids is 1. The quantitative estimate of drug-likeness (QED) is 0.377. The molecule has 3 N–H and O–H groups in total. The highest BCUT2D eigenvalue weighted by atomic mass is 19.4. The number of carboxylic acids is 1. The van der Waals surface area contributed by atoms with E-state index in [1.165, 1.54) is 36.8 Å². The monoisotopic (exact) mass is 497 g/mol.